The molecule has 0 saturated carbocycles. The van der Waals surface area contributed by atoms with E-state index < -0.39 is 18.0 Å². The number of amides is 1. The van der Waals surface area contributed by atoms with Crippen molar-refractivity contribution in [1.82, 2.24) is 9.88 Å². The summed E-state index contributed by atoms with van der Waals surface area (Å²) in [6.07, 6.45) is 0.196. The lowest BCUT2D eigenvalue weighted by atomic mass is 10.0. The number of pyridine rings is 1. The van der Waals surface area contributed by atoms with E-state index in [0.717, 1.165) is 46.5 Å². The third-order valence-electron chi connectivity index (χ3n) is 6.16. The van der Waals surface area contributed by atoms with Gasteiger partial charge in [0.05, 0.1) is 23.9 Å². The molecule has 10 heteroatoms. The SMILES string of the molecule is CC(C(O)c1ccccc1)N(C)CC(=O)Nc1c2c(nc3ccccc13)N(C)CC2.O=C(O)C(=O)O. The molecule has 4 N–H and O–H groups in total. The summed E-state index contributed by atoms with van der Waals surface area (Å²) in [5.41, 5.74) is 3.67. The molecular formula is C26H30N4O6. The fourth-order valence-corrected chi connectivity index (χ4v) is 4.04. The van der Waals surface area contributed by atoms with E-state index in [2.05, 4.69) is 10.2 Å². The van der Waals surface area contributed by atoms with E-state index in [-0.39, 0.29) is 18.5 Å². The Morgan fingerprint density at radius 2 is 1.67 bits per heavy atom. The fourth-order valence-electron chi connectivity index (χ4n) is 4.04. The molecular weight excluding hydrogens is 464 g/mol. The van der Waals surface area contributed by atoms with Crippen LogP contribution in [-0.4, -0.2) is 76.3 Å². The maximum absolute atomic E-state index is 12.9. The Morgan fingerprint density at radius 1 is 1.06 bits per heavy atom. The molecule has 190 valence electrons. The number of rotatable bonds is 6. The van der Waals surface area contributed by atoms with Crippen LogP contribution >= 0.6 is 0 Å². The Morgan fingerprint density at radius 3 is 2.31 bits per heavy atom. The summed E-state index contributed by atoms with van der Waals surface area (Å²) in [5, 5.41) is 29.6. The van der Waals surface area contributed by atoms with Gasteiger partial charge in [0.1, 0.15) is 5.82 Å². The van der Waals surface area contributed by atoms with Crippen molar-refractivity contribution in [3.63, 3.8) is 0 Å². The topological polar surface area (TPSA) is 143 Å². The van der Waals surface area contributed by atoms with Crippen LogP contribution in [0.4, 0.5) is 11.5 Å². The predicted octanol–water partition coefficient (Wildman–Crippen LogP) is 2.38. The average molecular weight is 495 g/mol. The van der Waals surface area contributed by atoms with Crippen molar-refractivity contribution < 1.29 is 29.7 Å². The van der Waals surface area contributed by atoms with Gasteiger partial charge in [0.2, 0.25) is 5.91 Å². The van der Waals surface area contributed by atoms with Crippen LogP contribution in [0.5, 0.6) is 0 Å². The zero-order valence-electron chi connectivity index (χ0n) is 20.4. The number of anilines is 2. The van der Waals surface area contributed by atoms with Gasteiger partial charge in [0.15, 0.2) is 0 Å². The molecule has 1 aromatic heterocycles. The highest BCUT2D eigenvalue weighted by atomic mass is 16.4. The third kappa shape index (κ3) is 6.15. The molecule has 2 atom stereocenters. The summed E-state index contributed by atoms with van der Waals surface area (Å²) in [7, 11) is 3.89. The molecule has 0 bridgehead atoms. The Kier molecular flexibility index (Phi) is 8.57. The van der Waals surface area contributed by atoms with Crippen molar-refractivity contribution in [3.8, 4) is 0 Å². The van der Waals surface area contributed by atoms with Gasteiger partial charge in [-0.3, -0.25) is 9.69 Å². The van der Waals surface area contributed by atoms with Gasteiger partial charge in [0.25, 0.3) is 0 Å². The molecule has 1 aliphatic rings. The lowest BCUT2D eigenvalue weighted by molar-refractivity contribution is -0.159. The number of fused-ring (bicyclic) bond motifs is 2. The van der Waals surface area contributed by atoms with Crippen LogP contribution in [0.2, 0.25) is 0 Å². The second kappa shape index (κ2) is 11.6. The van der Waals surface area contributed by atoms with Crippen molar-refractivity contribution in [3.05, 3.63) is 65.7 Å². The molecule has 1 amide bonds. The molecule has 0 fully saturated rings. The maximum Gasteiger partial charge on any atom is 0.414 e. The van der Waals surface area contributed by atoms with Crippen LogP contribution in [-0.2, 0) is 20.8 Å². The molecule has 36 heavy (non-hydrogen) atoms. The number of aliphatic hydroxyl groups excluding tert-OH is 1. The second-order valence-electron chi connectivity index (χ2n) is 8.65. The number of benzene rings is 2. The van der Waals surface area contributed by atoms with Gasteiger partial charge >= 0.3 is 11.9 Å². The van der Waals surface area contributed by atoms with Gasteiger partial charge in [-0.05, 0) is 32.0 Å². The quantitative estimate of drug-likeness (QED) is 0.380. The number of carbonyl (C=O) groups excluding carboxylic acids is 1. The normalized spacial score (nSPS) is 14.0. The number of para-hydroxylation sites is 1. The Bertz CT molecular complexity index is 1240. The first-order valence-corrected chi connectivity index (χ1v) is 11.4. The number of carbonyl (C=O) groups is 3. The Hall–Kier alpha value is -4.02. The van der Waals surface area contributed by atoms with E-state index in [1.807, 2.05) is 80.5 Å². The van der Waals surface area contributed by atoms with Crippen LogP contribution in [0, 0.1) is 0 Å². The molecule has 2 heterocycles. The Labute approximate surface area is 208 Å². The van der Waals surface area contributed by atoms with Gasteiger partial charge in [-0.2, -0.15) is 0 Å². The van der Waals surface area contributed by atoms with E-state index in [0.29, 0.717) is 0 Å². The largest absolute Gasteiger partial charge is 0.473 e. The molecule has 1 aliphatic heterocycles. The van der Waals surface area contributed by atoms with Crippen molar-refractivity contribution >= 4 is 40.3 Å². The van der Waals surface area contributed by atoms with Crippen LogP contribution in [0.25, 0.3) is 10.9 Å². The average Bonchev–Trinajstić information content (AvgIpc) is 3.24. The van der Waals surface area contributed by atoms with Crippen molar-refractivity contribution in [2.45, 2.75) is 25.5 Å². The smallest absolute Gasteiger partial charge is 0.414 e. The highest BCUT2D eigenvalue weighted by Gasteiger charge is 2.26. The van der Waals surface area contributed by atoms with Gasteiger partial charge in [-0.15, -0.1) is 0 Å². The van der Waals surface area contributed by atoms with E-state index >= 15 is 0 Å². The summed E-state index contributed by atoms with van der Waals surface area (Å²) < 4.78 is 0. The molecule has 2 aromatic carbocycles. The van der Waals surface area contributed by atoms with Gasteiger partial charge < -0.3 is 25.5 Å². The molecule has 3 aromatic rings. The lowest BCUT2D eigenvalue weighted by Gasteiger charge is -2.28. The summed E-state index contributed by atoms with van der Waals surface area (Å²) in [6.45, 7) is 3.01. The van der Waals surface area contributed by atoms with Crippen molar-refractivity contribution in [1.29, 1.82) is 0 Å². The zero-order chi connectivity index (χ0) is 26.4. The minimum Gasteiger partial charge on any atom is -0.473 e. The van der Waals surface area contributed by atoms with Gasteiger partial charge in [-0.1, -0.05) is 48.5 Å². The van der Waals surface area contributed by atoms with Crippen molar-refractivity contribution in [2.75, 3.05) is 37.4 Å². The van der Waals surface area contributed by atoms with E-state index in [1.54, 1.807) is 0 Å². The first-order valence-electron chi connectivity index (χ1n) is 11.4. The summed E-state index contributed by atoms with van der Waals surface area (Å²) in [6, 6.07) is 17.2. The summed E-state index contributed by atoms with van der Waals surface area (Å²) >= 11 is 0. The first-order chi connectivity index (χ1) is 17.1. The standard InChI is InChI=1S/C24H28N4O2.C2H2O4/c1-16(23(30)17-9-5-4-6-10-17)28(3)15-21(29)26-22-18-11-7-8-12-20(18)25-24-19(22)13-14-27(24)2;3-1(4)2(5)6/h4-12,16,23,30H,13-15H2,1-3H3,(H,25,26,29);(H,3,4)(H,5,6). The number of hydrogen-bond acceptors (Lipinski definition) is 7. The summed E-state index contributed by atoms with van der Waals surface area (Å²) in [5.74, 6) is -2.81. The molecule has 0 radical (unpaired) electrons. The highest BCUT2D eigenvalue weighted by molar-refractivity contribution is 6.27. The number of nitrogens with zero attached hydrogens (tertiary/aromatic N) is 3. The number of aromatic nitrogens is 1. The second-order valence-corrected chi connectivity index (χ2v) is 8.65. The zero-order valence-corrected chi connectivity index (χ0v) is 20.4. The first kappa shape index (κ1) is 26.6. The van der Waals surface area contributed by atoms with Crippen LogP contribution in [0.15, 0.2) is 54.6 Å². The van der Waals surface area contributed by atoms with E-state index in [4.69, 9.17) is 24.8 Å². The number of aliphatic carboxylic acids is 2. The highest BCUT2D eigenvalue weighted by Crippen LogP contribution is 2.36. The van der Waals surface area contributed by atoms with Gasteiger partial charge in [-0.25, -0.2) is 14.6 Å². The number of hydrogen-bond donors (Lipinski definition) is 4. The molecule has 10 nitrogen and oxygen atoms in total. The monoisotopic (exact) mass is 494 g/mol. The number of likely N-dealkylation sites (N-methyl/N-ethyl adjacent to an activating group) is 2. The number of aliphatic hydroxyl groups is 1. The third-order valence-corrected chi connectivity index (χ3v) is 6.16. The number of nitrogens with one attached hydrogen (secondary N) is 1. The van der Waals surface area contributed by atoms with Crippen molar-refractivity contribution in [2.24, 2.45) is 0 Å². The number of carboxylic acid groups (broad SMARTS) is 2. The fraction of sp³-hybridized carbons (Fsp3) is 0.308. The lowest BCUT2D eigenvalue weighted by Crippen LogP contribution is -2.39. The predicted molar refractivity (Wildman–Crippen MR) is 136 cm³/mol. The minimum absolute atomic E-state index is 0.0993. The van der Waals surface area contributed by atoms with Gasteiger partial charge in [0, 0.05) is 30.6 Å². The van der Waals surface area contributed by atoms with E-state index in [1.165, 1.54) is 0 Å². The van der Waals surface area contributed by atoms with E-state index in [9.17, 15) is 9.90 Å². The van der Waals surface area contributed by atoms with Crippen LogP contribution < -0.4 is 10.2 Å². The van der Waals surface area contributed by atoms with Crippen LogP contribution in [0.3, 0.4) is 0 Å². The van der Waals surface area contributed by atoms with Crippen LogP contribution in [0.1, 0.15) is 24.2 Å². The summed E-state index contributed by atoms with van der Waals surface area (Å²) in [4.78, 5) is 39.9. The molecule has 0 spiro atoms. The molecule has 0 aliphatic carbocycles. The number of carboxylic acids is 2. The Balaban J connectivity index is 0.000000538. The molecule has 0 saturated heterocycles. The maximum atomic E-state index is 12.9. The minimum atomic E-state index is -1.82. The molecule has 2 unspecified atom stereocenters. The molecule has 4 rings (SSSR count).